The first-order chi connectivity index (χ1) is 9.15. The summed E-state index contributed by atoms with van der Waals surface area (Å²) in [4.78, 5) is 11.8. The lowest BCUT2D eigenvalue weighted by molar-refractivity contribution is 0.0972. The molecule has 1 nitrogen and oxygen atoms in total. The van der Waals surface area contributed by atoms with Gasteiger partial charge in [-0.3, -0.25) is 4.79 Å². The summed E-state index contributed by atoms with van der Waals surface area (Å²) in [5, 5.41) is 0.384. The first-order valence-corrected chi connectivity index (χ1v) is 6.64. The molecule has 1 aliphatic carbocycles. The van der Waals surface area contributed by atoms with E-state index in [-0.39, 0.29) is 11.6 Å². The van der Waals surface area contributed by atoms with Gasteiger partial charge in [-0.1, -0.05) is 29.8 Å². The number of fused-ring (bicyclic) bond motifs is 1. The molecule has 3 rings (SSSR count). The molecule has 0 saturated heterocycles. The zero-order valence-corrected chi connectivity index (χ0v) is 11.0. The fraction of sp³-hybridized carbons (Fsp3) is 0.188. The van der Waals surface area contributed by atoms with Gasteiger partial charge in [0.05, 0.1) is 0 Å². The molecule has 2 aromatic rings. The SMILES string of the molecule is O=C1CCCc2cc(-c3ccc(Cl)cc3F)ccc21. The Morgan fingerprint density at radius 1 is 1.00 bits per heavy atom. The Morgan fingerprint density at radius 3 is 2.58 bits per heavy atom. The van der Waals surface area contributed by atoms with Gasteiger partial charge in [0.2, 0.25) is 0 Å². The van der Waals surface area contributed by atoms with Gasteiger partial charge >= 0.3 is 0 Å². The normalized spacial score (nSPS) is 14.3. The van der Waals surface area contributed by atoms with E-state index in [1.807, 2.05) is 6.07 Å². The first-order valence-electron chi connectivity index (χ1n) is 6.27. The molecular weight excluding hydrogens is 263 g/mol. The predicted octanol–water partition coefficient (Wildman–Crippen LogP) is 4.67. The smallest absolute Gasteiger partial charge is 0.163 e. The minimum Gasteiger partial charge on any atom is -0.294 e. The second kappa shape index (κ2) is 4.78. The Bertz CT molecular complexity index is 664. The zero-order valence-electron chi connectivity index (χ0n) is 10.2. The van der Waals surface area contributed by atoms with Crippen LogP contribution >= 0.6 is 11.6 Å². The van der Waals surface area contributed by atoms with Gasteiger partial charge in [-0.15, -0.1) is 0 Å². The number of hydrogen-bond donors (Lipinski definition) is 0. The molecule has 0 saturated carbocycles. The first kappa shape index (κ1) is 12.4. The van der Waals surface area contributed by atoms with Crippen molar-refractivity contribution in [2.75, 3.05) is 0 Å². The highest BCUT2D eigenvalue weighted by Crippen LogP contribution is 2.30. The lowest BCUT2D eigenvalue weighted by atomic mass is 9.88. The Morgan fingerprint density at radius 2 is 1.79 bits per heavy atom. The van der Waals surface area contributed by atoms with Gasteiger partial charge in [0, 0.05) is 22.6 Å². The van der Waals surface area contributed by atoms with E-state index in [1.54, 1.807) is 24.3 Å². The molecule has 0 aromatic heterocycles. The van der Waals surface area contributed by atoms with Crippen molar-refractivity contribution in [2.45, 2.75) is 19.3 Å². The molecule has 0 atom stereocenters. The molecule has 0 unspecified atom stereocenters. The van der Waals surface area contributed by atoms with Crippen LogP contribution in [0.4, 0.5) is 4.39 Å². The minimum absolute atomic E-state index is 0.185. The second-order valence-corrected chi connectivity index (χ2v) is 5.21. The maximum atomic E-state index is 13.9. The molecule has 0 bridgehead atoms. The number of carbonyl (C=O) groups is 1. The number of hydrogen-bond acceptors (Lipinski definition) is 1. The number of benzene rings is 2. The van der Waals surface area contributed by atoms with E-state index in [4.69, 9.17) is 11.6 Å². The van der Waals surface area contributed by atoms with Gasteiger partial charge in [0.1, 0.15) is 5.82 Å². The third-order valence-corrected chi connectivity index (χ3v) is 3.73. The lowest BCUT2D eigenvalue weighted by Gasteiger charge is -2.16. The summed E-state index contributed by atoms with van der Waals surface area (Å²) in [7, 11) is 0. The van der Waals surface area contributed by atoms with Gasteiger partial charge < -0.3 is 0 Å². The highest BCUT2D eigenvalue weighted by Gasteiger charge is 2.18. The Hall–Kier alpha value is -1.67. The second-order valence-electron chi connectivity index (χ2n) is 4.77. The molecule has 96 valence electrons. The van der Waals surface area contributed by atoms with Crippen LogP contribution in [0.2, 0.25) is 5.02 Å². The minimum atomic E-state index is -0.338. The van der Waals surface area contributed by atoms with E-state index in [2.05, 4.69) is 0 Å². The molecule has 3 heteroatoms. The number of Topliss-reactive ketones (excluding diaryl/α,β-unsaturated/α-hetero) is 1. The van der Waals surface area contributed by atoms with Crippen LogP contribution in [-0.2, 0) is 6.42 Å². The zero-order chi connectivity index (χ0) is 13.4. The summed E-state index contributed by atoms with van der Waals surface area (Å²) in [5.41, 5.74) is 3.11. The summed E-state index contributed by atoms with van der Waals surface area (Å²) in [6, 6.07) is 10.2. The molecule has 19 heavy (non-hydrogen) atoms. The maximum Gasteiger partial charge on any atom is 0.163 e. The lowest BCUT2D eigenvalue weighted by Crippen LogP contribution is -2.10. The Labute approximate surface area is 116 Å². The topological polar surface area (TPSA) is 17.1 Å². The van der Waals surface area contributed by atoms with Crippen LogP contribution in [0.3, 0.4) is 0 Å². The van der Waals surface area contributed by atoms with E-state index in [9.17, 15) is 9.18 Å². The number of ketones is 1. The van der Waals surface area contributed by atoms with Crippen molar-refractivity contribution < 1.29 is 9.18 Å². The standard InChI is InChI=1S/C16H12ClFO/c17-12-5-7-13(15(18)9-12)11-4-6-14-10(8-11)2-1-3-16(14)19/h4-9H,1-3H2. The fourth-order valence-electron chi connectivity index (χ4n) is 2.54. The third kappa shape index (κ3) is 2.28. The van der Waals surface area contributed by atoms with Crippen LogP contribution in [0.5, 0.6) is 0 Å². The molecule has 0 N–H and O–H groups in total. The number of aryl methyl sites for hydroxylation is 1. The molecule has 0 aliphatic heterocycles. The van der Waals surface area contributed by atoms with E-state index in [1.165, 1.54) is 6.07 Å². The molecule has 0 spiro atoms. The quantitative estimate of drug-likeness (QED) is 0.739. The van der Waals surface area contributed by atoms with Crippen molar-refractivity contribution >= 4 is 17.4 Å². The van der Waals surface area contributed by atoms with Crippen LogP contribution in [0.25, 0.3) is 11.1 Å². The average molecular weight is 275 g/mol. The molecule has 2 aromatic carbocycles. The maximum absolute atomic E-state index is 13.9. The molecule has 0 heterocycles. The largest absolute Gasteiger partial charge is 0.294 e. The van der Waals surface area contributed by atoms with E-state index in [0.717, 1.165) is 29.5 Å². The van der Waals surface area contributed by atoms with Gasteiger partial charge in [0.15, 0.2) is 5.78 Å². The average Bonchev–Trinajstić information content (AvgIpc) is 2.38. The third-order valence-electron chi connectivity index (χ3n) is 3.50. The van der Waals surface area contributed by atoms with Crippen molar-refractivity contribution in [1.29, 1.82) is 0 Å². The fourth-order valence-corrected chi connectivity index (χ4v) is 2.70. The van der Waals surface area contributed by atoms with Gasteiger partial charge in [-0.05, 0) is 42.2 Å². The molecule has 0 amide bonds. The van der Waals surface area contributed by atoms with Crippen molar-refractivity contribution in [3.8, 4) is 11.1 Å². The van der Waals surface area contributed by atoms with Crippen LogP contribution < -0.4 is 0 Å². The van der Waals surface area contributed by atoms with Crippen LogP contribution in [0.15, 0.2) is 36.4 Å². The Balaban J connectivity index is 2.09. The molecule has 0 fully saturated rings. The van der Waals surface area contributed by atoms with Crippen molar-refractivity contribution in [3.63, 3.8) is 0 Å². The molecule has 1 aliphatic rings. The molecular formula is C16H12ClFO. The van der Waals surface area contributed by atoms with Crippen LogP contribution in [0.1, 0.15) is 28.8 Å². The molecule has 0 radical (unpaired) electrons. The van der Waals surface area contributed by atoms with E-state index in [0.29, 0.717) is 17.0 Å². The van der Waals surface area contributed by atoms with Gasteiger partial charge in [-0.25, -0.2) is 4.39 Å². The van der Waals surface area contributed by atoms with Crippen LogP contribution in [-0.4, -0.2) is 5.78 Å². The highest BCUT2D eigenvalue weighted by molar-refractivity contribution is 6.30. The monoisotopic (exact) mass is 274 g/mol. The number of carbonyl (C=O) groups excluding carboxylic acids is 1. The summed E-state index contributed by atoms with van der Waals surface area (Å²) < 4.78 is 13.9. The predicted molar refractivity (Wildman–Crippen MR) is 74.1 cm³/mol. The summed E-state index contributed by atoms with van der Waals surface area (Å²) in [6.45, 7) is 0. The van der Waals surface area contributed by atoms with E-state index >= 15 is 0 Å². The van der Waals surface area contributed by atoms with Crippen molar-refractivity contribution in [1.82, 2.24) is 0 Å². The summed E-state index contributed by atoms with van der Waals surface area (Å²) >= 11 is 5.75. The van der Waals surface area contributed by atoms with Gasteiger partial charge in [-0.2, -0.15) is 0 Å². The van der Waals surface area contributed by atoms with E-state index < -0.39 is 0 Å². The summed E-state index contributed by atoms with van der Waals surface area (Å²) in [6.07, 6.45) is 2.37. The van der Waals surface area contributed by atoms with Crippen molar-refractivity contribution in [3.05, 3.63) is 58.4 Å². The number of halogens is 2. The van der Waals surface area contributed by atoms with Crippen LogP contribution in [0, 0.1) is 5.82 Å². The summed E-state index contributed by atoms with van der Waals surface area (Å²) in [5.74, 6) is -0.154. The number of rotatable bonds is 1. The highest BCUT2D eigenvalue weighted by atomic mass is 35.5. The van der Waals surface area contributed by atoms with Gasteiger partial charge in [0.25, 0.3) is 0 Å². The van der Waals surface area contributed by atoms with Crippen molar-refractivity contribution in [2.24, 2.45) is 0 Å². The Kier molecular flexibility index (Phi) is 3.11.